The first-order chi connectivity index (χ1) is 7.33. The van der Waals surface area contributed by atoms with Gasteiger partial charge in [0.2, 0.25) is 0 Å². The van der Waals surface area contributed by atoms with Crippen molar-refractivity contribution in [1.29, 1.82) is 0 Å². The molecule has 0 aliphatic carbocycles. The summed E-state index contributed by atoms with van der Waals surface area (Å²) < 4.78 is 13.3. The Kier molecular flexibility index (Phi) is 16.7. The molecule has 92 valence electrons. The Bertz CT molecular complexity index is 231. The minimum Gasteiger partial charge on any atom is -0.625 e. The molecule has 0 aliphatic heterocycles. The minimum absolute atomic E-state index is 0. The second kappa shape index (κ2) is 13.2. The maximum atomic E-state index is 10.4. The fourth-order valence-corrected chi connectivity index (χ4v) is 0.586. The molecule has 0 aromatic rings. The van der Waals surface area contributed by atoms with Crippen molar-refractivity contribution >= 4 is 31.5 Å². The number of carbonyl (C=O) groups excluding carboxylic acids is 4. The average Bonchev–Trinajstić information content (AvgIpc) is 2.00. The van der Waals surface area contributed by atoms with E-state index in [-0.39, 0.29) is 29.6 Å². The van der Waals surface area contributed by atoms with E-state index in [1.54, 1.807) is 0 Å². The van der Waals surface area contributed by atoms with E-state index in [1.165, 1.54) is 6.92 Å². The zero-order valence-corrected chi connectivity index (χ0v) is 12.6. The number of aldehydes is 1. The molecule has 0 amide bonds. The van der Waals surface area contributed by atoms with Gasteiger partial charge in [-0.25, -0.2) is 0 Å². The summed E-state index contributed by atoms with van der Waals surface area (Å²) >= 11 is 0. The second-order valence-electron chi connectivity index (χ2n) is 2.50. The third kappa shape index (κ3) is 21.1. The van der Waals surface area contributed by atoms with E-state index in [4.69, 9.17) is 4.79 Å². The fourth-order valence-electron chi connectivity index (χ4n) is 0.586. The van der Waals surface area contributed by atoms with Crippen molar-refractivity contribution in [3.63, 3.8) is 0 Å². The van der Waals surface area contributed by atoms with Gasteiger partial charge in [-0.2, -0.15) is 0 Å². The quantitative estimate of drug-likeness (QED) is 0.383. The van der Waals surface area contributed by atoms with Crippen LogP contribution >= 0.6 is 0 Å². The van der Waals surface area contributed by atoms with E-state index in [9.17, 15) is 14.4 Å². The third-order valence-electron chi connectivity index (χ3n) is 0.963. The molecule has 0 unspecified atom stereocenters. The van der Waals surface area contributed by atoms with Crippen molar-refractivity contribution < 1.29 is 62.7 Å². The summed E-state index contributed by atoms with van der Waals surface area (Å²) in [7, 11) is -2.41. The topological polar surface area (TPSA) is 96.0 Å². The van der Waals surface area contributed by atoms with Crippen LogP contribution in [0.25, 0.3) is 0 Å². The van der Waals surface area contributed by atoms with E-state index in [0.717, 1.165) is 27.1 Å². The number of hydrogen-bond acceptors (Lipinski definition) is 7. The normalized spacial score (nSPS) is 7.82. The van der Waals surface area contributed by atoms with Gasteiger partial charge < -0.3 is 18.8 Å². The molecule has 0 aromatic carbocycles. The molecule has 0 atom stereocenters. The summed E-state index contributed by atoms with van der Waals surface area (Å²) in [5, 5.41) is 0. The van der Waals surface area contributed by atoms with Gasteiger partial charge in [0, 0.05) is 20.8 Å². The summed E-state index contributed by atoms with van der Waals surface area (Å²) in [6.07, 6.45) is 0.750. The Morgan fingerprint density at radius 3 is 1.18 bits per heavy atom. The monoisotopic (exact) mass is 256 g/mol. The molecule has 0 fully saturated rings. The summed E-state index contributed by atoms with van der Waals surface area (Å²) in [5.41, 5.74) is 0. The Labute approximate surface area is 122 Å². The molecule has 0 aromatic heterocycles. The van der Waals surface area contributed by atoms with Crippen molar-refractivity contribution in [2.75, 3.05) is 0 Å². The molecule has 0 aliphatic rings. The molecule has 17 heavy (non-hydrogen) atoms. The summed E-state index contributed by atoms with van der Waals surface area (Å²) in [6.45, 7) is 4.80. The van der Waals surface area contributed by atoms with Crippen LogP contribution < -0.4 is 29.6 Å². The molecule has 0 saturated carbocycles. The first kappa shape index (κ1) is 21.4. The summed E-state index contributed by atoms with van der Waals surface area (Å²) in [6, 6.07) is 0. The van der Waals surface area contributed by atoms with Crippen molar-refractivity contribution in [3.8, 4) is 0 Å². The molecule has 0 heterocycles. The molecule has 7 nitrogen and oxygen atoms in total. The van der Waals surface area contributed by atoms with Crippen LogP contribution in [0.3, 0.4) is 0 Å². The maximum Gasteiger partial charge on any atom is 1.00 e. The molecule has 9 heteroatoms. The van der Waals surface area contributed by atoms with Crippen LogP contribution in [0.15, 0.2) is 0 Å². The van der Waals surface area contributed by atoms with E-state index in [0.29, 0.717) is 0 Å². The van der Waals surface area contributed by atoms with Gasteiger partial charge in [-0.05, 0) is 6.92 Å². The molecule has 0 spiro atoms. The molecule has 0 N–H and O–H groups in total. The van der Waals surface area contributed by atoms with Gasteiger partial charge in [-0.15, -0.1) is 0 Å². The largest absolute Gasteiger partial charge is 1.00 e. The molecule has 0 rings (SSSR count). The Morgan fingerprint density at radius 2 is 1.06 bits per heavy atom. The van der Waals surface area contributed by atoms with Crippen molar-refractivity contribution in [1.82, 2.24) is 0 Å². The van der Waals surface area contributed by atoms with Crippen molar-refractivity contribution in [3.05, 3.63) is 0 Å². The Hall–Kier alpha value is -0.855. The van der Waals surface area contributed by atoms with E-state index in [2.05, 4.69) is 14.0 Å². The minimum atomic E-state index is -2.41. The van der Waals surface area contributed by atoms with Gasteiger partial charge in [-0.3, -0.25) is 14.4 Å². The standard InChI is InChI=1S/C6H10BO6.C2H4O.Na/c1-4(8)11-7(12-5(2)9)13-6(3)10;1-2-3;/h7H,1-3H3;2H,1H3;/q-1;;+1. The van der Waals surface area contributed by atoms with E-state index < -0.39 is 25.2 Å². The number of rotatable bonds is 3. The van der Waals surface area contributed by atoms with Crippen LogP contribution in [-0.2, 0) is 33.1 Å². The Morgan fingerprint density at radius 1 is 0.882 bits per heavy atom. The summed E-state index contributed by atoms with van der Waals surface area (Å²) in [5.74, 6) is -2.03. The first-order valence-corrected chi connectivity index (χ1v) is 4.40. The Balaban J connectivity index is -0.000000440. The van der Waals surface area contributed by atoms with E-state index in [1.807, 2.05) is 0 Å². The molecule has 0 bridgehead atoms. The molecule has 0 saturated heterocycles. The van der Waals surface area contributed by atoms with Gasteiger partial charge >= 0.3 is 36.9 Å². The summed E-state index contributed by atoms with van der Waals surface area (Å²) in [4.78, 5) is 40.1. The fraction of sp³-hybridized carbons (Fsp3) is 0.500. The third-order valence-corrected chi connectivity index (χ3v) is 0.963. The average molecular weight is 256 g/mol. The van der Waals surface area contributed by atoms with Gasteiger partial charge in [0.25, 0.3) is 17.9 Å². The van der Waals surface area contributed by atoms with Crippen LogP contribution in [-0.4, -0.2) is 31.5 Å². The van der Waals surface area contributed by atoms with E-state index >= 15 is 0 Å². The van der Waals surface area contributed by atoms with Crippen LogP contribution in [0.5, 0.6) is 0 Å². The van der Waals surface area contributed by atoms with Crippen molar-refractivity contribution in [2.45, 2.75) is 27.7 Å². The molecule has 0 radical (unpaired) electrons. The van der Waals surface area contributed by atoms with Gasteiger partial charge in [-0.1, -0.05) is 0 Å². The number of carbonyl (C=O) groups is 4. The molecular weight excluding hydrogens is 242 g/mol. The zero-order chi connectivity index (χ0) is 13.1. The predicted octanol–water partition coefficient (Wildman–Crippen LogP) is -3.40. The zero-order valence-electron chi connectivity index (χ0n) is 10.6. The van der Waals surface area contributed by atoms with Crippen LogP contribution in [0.4, 0.5) is 0 Å². The van der Waals surface area contributed by atoms with Gasteiger partial charge in [0.1, 0.15) is 6.29 Å². The van der Waals surface area contributed by atoms with Crippen LogP contribution in [0.1, 0.15) is 27.7 Å². The molecular formula is C8H14BNaO7. The SMILES string of the molecule is CC(=O)O[BH-](OC(C)=O)OC(C)=O.CC=O.[Na+]. The smallest absolute Gasteiger partial charge is 0.625 e. The maximum absolute atomic E-state index is 10.4. The van der Waals surface area contributed by atoms with Crippen molar-refractivity contribution in [2.24, 2.45) is 0 Å². The number of hydrogen-bond donors (Lipinski definition) is 0. The first-order valence-electron chi connectivity index (χ1n) is 4.40. The second-order valence-corrected chi connectivity index (χ2v) is 2.50. The predicted molar refractivity (Wildman–Crippen MR) is 54.2 cm³/mol. The van der Waals surface area contributed by atoms with Crippen LogP contribution in [0, 0.1) is 0 Å². The van der Waals surface area contributed by atoms with Gasteiger partial charge in [0.05, 0.1) is 0 Å². The van der Waals surface area contributed by atoms with Gasteiger partial charge in [0.15, 0.2) is 0 Å². The van der Waals surface area contributed by atoms with Crippen LogP contribution in [0.2, 0.25) is 0 Å².